The number of amides is 3. The maximum atomic E-state index is 12.9. The predicted octanol–water partition coefficient (Wildman–Crippen LogP) is -1.81. The van der Waals surface area contributed by atoms with Crippen molar-refractivity contribution in [2.24, 2.45) is 28.1 Å². The van der Waals surface area contributed by atoms with Crippen molar-refractivity contribution in [2.45, 2.75) is 63.7 Å². The number of hydrogen-bond acceptors (Lipinski definition) is 7. The van der Waals surface area contributed by atoms with E-state index < -0.39 is 54.5 Å². The van der Waals surface area contributed by atoms with Gasteiger partial charge in [-0.3, -0.25) is 19.4 Å². The Balaban J connectivity index is 2.81. The lowest BCUT2D eigenvalue weighted by Crippen LogP contribution is -2.58. The van der Waals surface area contributed by atoms with Crippen molar-refractivity contribution in [3.05, 3.63) is 35.9 Å². The maximum Gasteiger partial charge on any atom is 0.326 e. The lowest BCUT2D eigenvalue weighted by atomic mass is 10.0. The summed E-state index contributed by atoms with van der Waals surface area (Å²) in [5, 5.41) is 26.5. The molecule has 11 N–H and O–H groups in total. The maximum absolute atomic E-state index is 12.9. The fraction of sp³-hybridized carbons (Fsp3) is 0.542. The lowest BCUT2D eigenvalue weighted by Gasteiger charge is -2.25. The second-order valence-electron chi connectivity index (χ2n) is 9.08. The third kappa shape index (κ3) is 12.2. The van der Waals surface area contributed by atoms with Crippen molar-refractivity contribution in [1.82, 2.24) is 16.0 Å². The molecule has 1 aromatic carbocycles. The highest BCUT2D eigenvalue weighted by atomic mass is 16.4. The van der Waals surface area contributed by atoms with Gasteiger partial charge in [-0.05, 0) is 37.2 Å². The number of carbonyl (C=O) groups is 4. The molecule has 37 heavy (non-hydrogen) atoms. The molecule has 0 aliphatic heterocycles. The van der Waals surface area contributed by atoms with Gasteiger partial charge >= 0.3 is 5.97 Å². The molecular weight excluding hydrogens is 482 g/mol. The van der Waals surface area contributed by atoms with Crippen molar-refractivity contribution >= 4 is 29.7 Å². The molecule has 1 aromatic rings. The first-order valence-corrected chi connectivity index (χ1v) is 12.0. The van der Waals surface area contributed by atoms with E-state index in [1.54, 1.807) is 0 Å². The first-order valence-electron chi connectivity index (χ1n) is 12.0. The van der Waals surface area contributed by atoms with E-state index in [1.165, 1.54) is 0 Å². The molecule has 0 heterocycles. The van der Waals surface area contributed by atoms with Crippen LogP contribution < -0.4 is 33.2 Å². The first kappa shape index (κ1) is 31.3. The number of nitrogens with two attached hydrogens (primary N) is 3. The van der Waals surface area contributed by atoms with Crippen LogP contribution in [0.5, 0.6) is 0 Å². The number of aliphatic carboxylic acids is 1. The van der Waals surface area contributed by atoms with Gasteiger partial charge in [-0.15, -0.1) is 0 Å². The van der Waals surface area contributed by atoms with Gasteiger partial charge in [-0.25, -0.2) is 4.79 Å². The molecule has 4 unspecified atom stereocenters. The highest BCUT2D eigenvalue weighted by Crippen LogP contribution is 2.08. The third-order valence-electron chi connectivity index (χ3n) is 5.35. The Kier molecular flexibility index (Phi) is 13.6. The molecule has 3 amide bonds. The zero-order chi connectivity index (χ0) is 28.0. The number of nitrogens with one attached hydrogen (secondary N) is 3. The Morgan fingerprint density at radius 3 is 2.03 bits per heavy atom. The van der Waals surface area contributed by atoms with Crippen LogP contribution in [0, 0.1) is 5.92 Å². The van der Waals surface area contributed by atoms with Crippen molar-refractivity contribution in [2.75, 3.05) is 13.2 Å². The smallest absolute Gasteiger partial charge is 0.326 e. The van der Waals surface area contributed by atoms with Crippen molar-refractivity contribution < 1.29 is 29.4 Å². The third-order valence-corrected chi connectivity index (χ3v) is 5.35. The van der Waals surface area contributed by atoms with E-state index in [9.17, 15) is 29.4 Å². The summed E-state index contributed by atoms with van der Waals surface area (Å²) in [6.07, 6.45) is 0.787. The fourth-order valence-corrected chi connectivity index (χ4v) is 3.44. The minimum absolute atomic E-state index is 0.0392. The van der Waals surface area contributed by atoms with Crippen LogP contribution in [0.3, 0.4) is 0 Å². The zero-order valence-corrected chi connectivity index (χ0v) is 21.2. The Morgan fingerprint density at radius 2 is 1.49 bits per heavy atom. The number of hydrogen-bond donors (Lipinski definition) is 8. The number of aliphatic hydroxyl groups is 1. The SMILES string of the molecule is CC(C)CC(NC(=O)C(CO)NC(=O)C(N)Cc1ccccc1)C(=O)NC(CCCN=C(N)N)C(=O)O. The van der Waals surface area contributed by atoms with Crippen LogP contribution >= 0.6 is 0 Å². The second kappa shape index (κ2) is 16.1. The molecule has 0 saturated heterocycles. The van der Waals surface area contributed by atoms with Gasteiger partial charge in [-0.2, -0.15) is 0 Å². The second-order valence-corrected chi connectivity index (χ2v) is 9.08. The number of nitrogens with zero attached hydrogens (tertiary/aromatic N) is 1. The fourth-order valence-electron chi connectivity index (χ4n) is 3.44. The molecule has 4 atom stereocenters. The number of carbonyl (C=O) groups excluding carboxylic acids is 3. The summed E-state index contributed by atoms with van der Waals surface area (Å²) in [6.45, 7) is 3.11. The quantitative estimate of drug-likeness (QED) is 0.0694. The van der Waals surface area contributed by atoms with Gasteiger partial charge in [0, 0.05) is 6.54 Å². The van der Waals surface area contributed by atoms with Crippen LogP contribution in [0.15, 0.2) is 35.3 Å². The number of aliphatic imine (C=N–C) groups is 1. The summed E-state index contributed by atoms with van der Waals surface area (Å²) in [5.41, 5.74) is 17.3. The van der Waals surface area contributed by atoms with E-state index >= 15 is 0 Å². The summed E-state index contributed by atoms with van der Waals surface area (Å²) in [6, 6.07) is 4.42. The molecule has 0 spiro atoms. The molecule has 0 aliphatic rings. The van der Waals surface area contributed by atoms with E-state index in [0.717, 1.165) is 5.56 Å². The van der Waals surface area contributed by atoms with Gasteiger partial charge in [0.05, 0.1) is 12.6 Å². The van der Waals surface area contributed by atoms with Gasteiger partial charge in [0.1, 0.15) is 18.1 Å². The standard InChI is InChI=1S/C24H39N7O6/c1-14(2)11-18(21(34)29-17(23(36)37)9-6-10-28-24(26)27)30-22(35)19(13-32)31-20(33)16(25)12-15-7-4-3-5-8-15/h3-5,7-8,14,16-19,32H,6,9-13,25H2,1-2H3,(H,29,34)(H,30,35)(H,31,33)(H,36,37)(H4,26,27,28). The molecule has 206 valence electrons. The summed E-state index contributed by atoms with van der Waals surface area (Å²) in [4.78, 5) is 53.6. The number of guanidine groups is 1. The van der Waals surface area contributed by atoms with Crippen LogP contribution in [-0.4, -0.2) is 77.2 Å². The van der Waals surface area contributed by atoms with Gasteiger partial charge in [0.15, 0.2) is 5.96 Å². The Hall–Kier alpha value is -3.71. The lowest BCUT2D eigenvalue weighted by molar-refractivity contribution is -0.142. The average molecular weight is 522 g/mol. The van der Waals surface area contributed by atoms with Crippen molar-refractivity contribution in [3.8, 4) is 0 Å². The van der Waals surface area contributed by atoms with Gasteiger partial charge < -0.3 is 43.4 Å². The predicted molar refractivity (Wildman–Crippen MR) is 138 cm³/mol. The summed E-state index contributed by atoms with van der Waals surface area (Å²) >= 11 is 0. The monoisotopic (exact) mass is 521 g/mol. The molecule has 0 radical (unpaired) electrons. The molecule has 0 aromatic heterocycles. The van der Waals surface area contributed by atoms with Crippen LogP contribution in [0.2, 0.25) is 0 Å². The van der Waals surface area contributed by atoms with Gasteiger partial charge in [0.25, 0.3) is 0 Å². The molecule has 13 heteroatoms. The Morgan fingerprint density at radius 1 is 0.919 bits per heavy atom. The van der Waals surface area contributed by atoms with E-state index in [4.69, 9.17) is 17.2 Å². The molecular formula is C24H39N7O6. The minimum Gasteiger partial charge on any atom is -0.480 e. The van der Waals surface area contributed by atoms with E-state index in [0.29, 0.717) is 6.42 Å². The zero-order valence-electron chi connectivity index (χ0n) is 21.2. The number of benzene rings is 1. The highest BCUT2D eigenvalue weighted by Gasteiger charge is 2.30. The molecule has 1 rings (SSSR count). The van der Waals surface area contributed by atoms with Crippen molar-refractivity contribution in [3.63, 3.8) is 0 Å². The number of aliphatic hydroxyl groups excluding tert-OH is 1. The summed E-state index contributed by atoms with van der Waals surface area (Å²) in [7, 11) is 0. The van der Waals surface area contributed by atoms with E-state index in [1.807, 2.05) is 44.2 Å². The topological polar surface area (TPSA) is 235 Å². The van der Waals surface area contributed by atoms with Gasteiger partial charge in [0.2, 0.25) is 17.7 Å². The number of carboxylic acids is 1. The van der Waals surface area contributed by atoms with E-state index in [-0.39, 0.29) is 37.7 Å². The molecule has 0 bridgehead atoms. The summed E-state index contributed by atoms with van der Waals surface area (Å²) in [5.74, 6) is -3.57. The Labute approximate surface area is 216 Å². The van der Waals surface area contributed by atoms with Crippen LogP contribution in [0.4, 0.5) is 0 Å². The molecule has 0 fully saturated rings. The summed E-state index contributed by atoms with van der Waals surface area (Å²) < 4.78 is 0. The minimum atomic E-state index is -1.35. The van der Waals surface area contributed by atoms with Crippen molar-refractivity contribution in [1.29, 1.82) is 0 Å². The number of carboxylic acid groups (broad SMARTS) is 1. The molecule has 13 nitrogen and oxygen atoms in total. The van der Waals surface area contributed by atoms with Crippen LogP contribution in [0.25, 0.3) is 0 Å². The first-order chi connectivity index (χ1) is 17.4. The Bertz CT molecular complexity index is 921. The molecule has 0 saturated carbocycles. The van der Waals surface area contributed by atoms with Gasteiger partial charge in [-0.1, -0.05) is 44.2 Å². The highest BCUT2D eigenvalue weighted by molar-refractivity contribution is 5.94. The molecule has 0 aliphatic carbocycles. The van der Waals surface area contributed by atoms with E-state index in [2.05, 4.69) is 20.9 Å². The van der Waals surface area contributed by atoms with Crippen LogP contribution in [0.1, 0.15) is 38.7 Å². The van der Waals surface area contributed by atoms with Crippen LogP contribution in [-0.2, 0) is 25.6 Å². The largest absolute Gasteiger partial charge is 0.480 e. The number of rotatable bonds is 16. The normalized spacial score (nSPS) is 14.1. The average Bonchev–Trinajstić information content (AvgIpc) is 2.83.